The first kappa shape index (κ1) is 81.4. The minimum Gasteiger partial charge on any atom is -0.370 e. The zero-order valence-electron chi connectivity index (χ0n) is 57.2. The number of nitrogens with zero attached hydrogens (tertiary/aromatic N) is 4. The van der Waals surface area contributed by atoms with E-state index in [1.165, 1.54) is 14.7 Å². The standard InChI is InChI=1S/C66H102N18O15S/c1-39(2)36-47(58(90)75-43(55(71)87)29-35-100(3,98)99)80-62(94)52-24-15-34-84(52)65(97)49(38-41-18-8-5-9-19-41)81-59(91)48(37-40-16-6-4-7-17-40)79-57(89)44(25-27-53(69)85)76-56(88)45(26-28-54(70)86)77-60(92)51-23-14-33-83(51)64(96)46(21-10-11-30-67)78-61(93)50-22-13-32-82(50)63(95)42(68)20-12-31-74-66(72)73/h4-9,16-19,39,42-52H,10-15,20-38,67-68H2,1-3H3,(H2,69,85)(H2,70,86)(H2,71,87)(H,75,90)(H,76,88)(H,77,92)(H,78,93)(H,79,89)(H,80,94)(H,81,91)(H4,72,73,74)/t42-,43-,44-,45-,46-,47-,48-,49-,50-,51-,52-/m0/s1. The molecule has 0 saturated carbocycles. The first-order valence-corrected chi connectivity index (χ1v) is 36.1. The Labute approximate surface area is 582 Å². The lowest BCUT2D eigenvalue weighted by molar-refractivity contribution is -0.144. The summed E-state index contributed by atoms with van der Waals surface area (Å²) in [5, 5.41) is 18.7. The highest BCUT2D eigenvalue weighted by molar-refractivity contribution is 7.90. The molecule has 552 valence electrons. The Hall–Kier alpha value is -9.31. The average Bonchev–Trinajstić information content (AvgIpc) is 1.64. The van der Waals surface area contributed by atoms with Crippen molar-refractivity contribution in [2.45, 2.75) is 202 Å². The SMILES string of the molecule is CC(C)C[C@H](NC(=O)[C@@H]1CCCN1C(=O)[C@H](Cc1ccccc1)NC(=O)[C@H](Cc1ccccc1)NC(=O)[C@H](CCC(N)=O)NC(=O)[C@H](CCC(N)=O)NC(=O)[C@@H]1CCCN1C(=O)[C@H](CCCCN)NC(=O)[C@@H]1CCCN1C(=O)[C@@H](N)CCCN=C(N)N)C(=O)N[C@@H](CCS(C)(=O)=O)C(N)=O. The number of hydrogen-bond donors (Lipinski definition) is 14. The van der Waals surface area contributed by atoms with Crippen molar-refractivity contribution in [3.05, 3.63) is 71.8 Å². The predicted molar refractivity (Wildman–Crippen MR) is 369 cm³/mol. The Balaban J connectivity index is 1.37. The lowest BCUT2D eigenvalue weighted by atomic mass is 10.0. The van der Waals surface area contributed by atoms with E-state index in [1.807, 2.05) is 0 Å². The molecule has 0 aromatic heterocycles. The molecule has 0 unspecified atom stereocenters. The van der Waals surface area contributed by atoms with E-state index in [-0.39, 0.29) is 96.0 Å². The van der Waals surface area contributed by atoms with E-state index in [9.17, 15) is 66.0 Å². The minimum absolute atomic E-state index is 0.0426. The van der Waals surface area contributed by atoms with Crippen LogP contribution in [0.3, 0.4) is 0 Å². The molecule has 3 aliphatic rings. The van der Waals surface area contributed by atoms with Gasteiger partial charge in [-0.25, -0.2) is 8.42 Å². The van der Waals surface area contributed by atoms with Gasteiger partial charge in [0.15, 0.2) is 5.96 Å². The highest BCUT2D eigenvalue weighted by Gasteiger charge is 2.44. The summed E-state index contributed by atoms with van der Waals surface area (Å²) in [7, 11) is -3.56. The molecule has 100 heavy (non-hydrogen) atoms. The summed E-state index contributed by atoms with van der Waals surface area (Å²) in [5.74, 6) is -11.2. The summed E-state index contributed by atoms with van der Waals surface area (Å²) in [6.45, 7) is 4.44. The molecule has 13 amide bonds. The van der Waals surface area contributed by atoms with E-state index in [1.54, 1.807) is 74.5 Å². The number of unbranched alkanes of at least 4 members (excludes halogenated alkanes) is 1. The molecule has 21 N–H and O–H groups in total. The van der Waals surface area contributed by atoms with E-state index in [0.717, 1.165) is 6.26 Å². The molecule has 11 atom stereocenters. The van der Waals surface area contributed by atoms with Crippen LogP contribution in [0.25, 0.3) is 0 Å². The van der Waals surface area contributed by atoms with E-state index in [2.05, 4.69) is 42.2 Å². The van der Waals surface area contributed by atoms with Gasteiger partial charge in [-0.1, -0.05) is 74.5 Å². The average molecular weight is 1420 g/mol. The van der Waals surface area contributed by atoms with Gasteiger partial charge in [0, 0.05) is 58.1 Å². The van der Waals surface area contributed by atoms with E-state index >= 15 is 4.79 Å². The fourth-order valence-electron chi connectivity index (χ4n) is 12.3. The molecule has 3 heterocycles. The van der Waals surface area contributed by atoms with Gasteiger partial charge in [-0.2, -0.15) is 0 Å². The predicted octanol–water partition coefficient (Wildman–Crippen LogP) is -4.15. The lowest BCUT2D eigenvalue weighted by Gasteiger charge is -2.32. The Kier molecular flexibility index (Phi) is 32.6. The molecule has 0 bridgehead atoms. The Morgan fingerprint density at radius 3 is 1.36 bits per heavy atom. The normalized spacial score (nSPS) is 18.3. The van der Waals surface area contributed by atoms with Crippen LogP contribution < -0.4 is 77.4 Å². The number of primary amides is 3. The minimum atomic E-state index is -3.56. The molecular formula is C66H102N18O15S. The summed E-state index contributed by atoms with van der Waals surface area (Å²) >= 11 is 0. The molecule has 3 saturated heterocycles. The smallest absolute Gasteiger partial charge is 0.246 e. The second-order valence-corrected chi connectivity index (χ2v) is 28.4. The number of sulfone groups is 1. The maximum absolute atomic E-state index is 15.0. The molecule has 0 radical (unpaired) electrons. The maximum atomic E-state index is 15.0. The number of carbonyl (C=O) groups is 13. The van der Waals surface area contributed by atoms with Crippen LogP contribution in [0.15, 0.2) is 65.7 Å². The Bertz CT molecular complexity index is 3330. The van der Waals surface area contributed by atoms with Gasteiger partial charge in [0.2, 0.25) is 76.8 Å². The fraction of sp³-hybridized carbons (Fsp3) is 0.606. The molecular weight excluding hydrogens is 1320 g/mol. The second-order valence-electron chi connectivity index (χ2n) is 26.2. The number of rotatable bonds is 41. The van der Waals surface area contributed by atoms with Gasteiger partial charge in [-0.3, -0.25) is 67.3 Å². The first-order chi connectivity index (χ1) is 47.4. The summed E-state index contributed by atoms with van der Waals surface area (Å²) < 4.78 is 23.9. The molecule has 5 rings (SSSR count). The van der Waals surface area contributed by atoms with Crippen molar-refractivity contribution >= 4 is 92.6 Å². The molecule has 34 heteroatoms. The van der Waals surface area contributed by atoms with Crippen LogP contribution in [0.2, 0.25) is 0 Å². The third-order valence-electron chi connectivity index (χ3n) is 17.6. The summed E-state index contributed by atoms with van der Waals surface area (Å²) in [5.41, 5.74) is 40.7. The van der Waals surface area contributed by atoms with Gasteiger partial charge in [0.05, 0.1) is 11.8 Å². The van der Waals surface area contributed by atoms with Gasteiger partial charge in [-0.15, -0.1) is 0 Å². The molecule has 2 aromatic rings. The van der Waals surface area contributed by atoms with Crippen molar-refractivity contribution in [2.75, 3.05) is 44.7 Å². The number of hydrogen-bond acceptors (Lipinski definition) is 18. The number of aliphatic imine (C=N–C) groups is 1. The Morgan fingerprint density at radius 1 is 0.490 bits per heavy atom. The number of likely N-dealkylation sites (tertiary alicyclic amines) is 3. The lowest BCUT2D eigenvalue weighted by Crippen LogP contribution is -2.61. The molecule has 3 aliphatic heterocycles. The van der Waals surface area contributed by atoms with E-state index in [4.69, 9.17) is 40.1 Å². The van der Waals surface area contributed by atoms with Crippen LogP contribution in [0.5, 0.6) is 0 Å². The van der Waals surface area contributed by atoms with Crippen molar-refractivity contribution in [2.24, 2.45) is 51.0 Å². The zero-order valence-corrected chi connectivity index (χ0v) is 58.1. The molecule has 33 nitrogen and oxygen atoms in total. The van der Waals surface area contributed by atoms with E-state index in [0.29, 0.717) is 56.1 Å². The van der Waals surface area contributed by atoms with Crippen molar-refractivity contribution in [1.82, 2.24) is 51.9 Å². The van der Waals surface area contributed by atoms with Crippen LogP contribution in [0.4, 0.5) is 0 Å². The van der Waals surface area contributed by atoms with Crippen LogP contribution in [0, 0.1) is 5.92 Å². The van der Waals surface area contributed by atoms with Crippen molar-refractivity contribution in [1.29, 1.82) is 0 Å². The third kappa shape index (κ3) is 26.4. The Morgan fingerprint density at radius 2 is 0.900 bits per heavy atom. The summed E-state index contributed by atoms with van der Waals surface area (Å²) in [4.78, 5) is 189. The molecule has 0 spiro atoms. The van der Waals surface area contributed by atoms with Crippen molar-refractivity contribution < 1.29 is 70.7 Å². The van der Waals surface area contributed by atoms with Crippen molar-refractivity contribution in [3.8, 4) is 0 Å². The molecule has 0 aliphatic carbocycles. The first-order valence-electron chi connectivity index (χ1n) is 34.0. The number of benzene rings is 2. The van der Waals surface area contributed by atoms with Gasteiger partial charge in [-0.05, 0) is 120 Å². The van der Waals surface area contributed by atoms with Crippen LogP contribution >= 0.6 is 0 Å². The van der Waals surface area contributed by atoms with E-state index < -0.39 is 185 Å². The van der Waals surface area contributed by atoms with Crippen LogP contribution in [-0.4, -0.2) is 217 Å². The highest BCUT2D eigenvalue weighted by atomic mass is 32.2. The second kappa shape index (κ2) is 40.1. The third-order valence-corrected chi connectivity index (χ3v) is 18.6. The van der Waals surface area contributed by atoms with Gasteiger partial charge in [0.1, 0.15) is 70.3 Å². The molecule has 2 aromatic carbocycles. The summed E-state index contributed by atoms with van der Waals surface area (Å²) in [6, 6.07) is 2.71. The number of nitrogens with two attached hydrogens (primary N) is 7. The number of amides is 13. The van der Waals surface area contributed by atoms with Gasteiger partial charge < -0.3 is 92.1 Å². The number of carbonyl (C=O) groups excluding carboxylic acids is 13. The van der Waals surface area contributed by atoms with Gasteiger partial charge >= 0.3 is 0 Å². The van der Waals surface area contributed by atoms with Crippen LogP contribution in [-0.2, 0) is 85.0 Å². The van der Waals surface area contributed by atoms with Crippen LogP contribution in [0.1, 0.15) is 134 Å². The zero-order chi connectivity index (χ0) is 73.8. The topological polar surface area (TPSA) is 544 Å². The molecule has 3 fully saturated rings. The maximum Gasteiger partial charge on any atom is 0.246 e. The summed E-state index contributed by atoms with van der Waals surface area (Å²) in [6.07, 6.45) is 1.89. The fourth-order valence-corrected chi connectivity index (χ4v) is 13.0. The monoisotopic (exact) mass is 1420 g/mol. The number of guanidine groups is 1. The van der Waals surface area contributed by atoms with Crippen molar-refractivity contribution in [3.63, 3.8) is 0 Å². The number of nitrogens with one attached hydrogen (secondary N) is 7. The highest BCUT2D eigenvalue weighted by Crippen LogP contribution is 2.25. The largest absolute Gasteiger partial charge is 0.370 e. The quantitative estimate of drug-likeness (QED) is 0.0171. The van der Waals surface area contributed by atoms with Gasteiger partial charge in [0.25, 0.3) is 0 Å².